The number of hydrogen-bond acceptors (Lipinski definition) is 12. The van der Waals surface area contributed by atoms with Crippen molar-refractivity contribution in [3.63, 3.8) is 0 Å². The smallest absolute Gasteiger partial charge is 0.344 e. The second kappa shape index (κ2) is 12.1. The number of nitrogens with one attached hydrogen (secondary N) is 1. The van der Waals surface area contributed by atoms with E-state index in [-0.39, 0.29) is 59.4 Å². The summed E-state index contributed by atoms with van der Waals surface area (Å²) in [6, 6.07) is -0.980. The lowest BCUT2D eigenvalue weighted by Crippen LogP contribution is -2.26. The van der Waals surface area contributed by atoms with Gasteiger partial charge in [-0.25, -0.2) is 9.59 Å². The number of hydrogen-bond donors (Lipinski definition) is 2. The topological polar surface area (TPSA) is 178 Å². The number of anilines is 2. The van der Waals surface area contributed by atoms with E-state index in [1.54, 1.807) is 20.8 Å². The van der Waals surface area contributed by atoms with Crippen LogP contribution in [0.15, 0.2) is 9.57 Å². The van der Waals surface area contributed by atoms with Crippen LogP contribution in [0.3, 0.4) is 0 Å². The first-order valence-corrected chi connectivity index (χ1v) is 11.4. The number of carbonyl (C=O) groups excluding carboxylic acids is 4. The van der Waals surface area contributed by atoms with Crippen molar-refractivity contribution in [2.75, 3.05) is 36.6 Å². The number of carbonyl (C=O) groups is 4. The highest BCUT2D eigenvalue weighted by atomic mass is 32.2. The van der Waals surface area contributed by atoms with Gasteiger partial charge in [-0.1, -0.05) is 11.8 Å². The molecule has 0 saturated carbocycles. The fraction of sp³-hybridized carbons (Fsp3) is 0.500. The number of furan rings is 1. The van der Waals surface area contributed by atoms with Gasteiger partial charge in [-0.2, -0.15) is 0 Å². The van der Waals surface area contributed by atoms with Crippen molar-refractivity contribution in [2.24, 2.45) is 0 Å². The van der Waals surface area contributed by atoms with E-state index in [2.05, 4.69) is 15.5 Å². The molecule has 0 spiro atoms. The molecule has 0 bridgehead atoms. The summed E-state index contributed by atoms with van der Waals surface area (Å²) in [5, 5.41) is 10.4. The Bertz CT molecular complexity index is 1060. The molecule has 0 aromatic carbocycles. The SMILES string of the molecule is CCOC(=O)CSc1nnc(N)n1C(C)C(=O)Nc1oc(C)c(C(=O)OCC)c1C(=O)OCC. The summed E-state index contributed by atoms with van der Waals surface area (Å²) in [5.74, 6) is -3.10. The molecule has 1 amide bonds. The molecule has 1 atom stereocenters. The Hall–Kier alpha value is -3.55. The minimum absolute atomic E-state index is 0.0351. The first-order chi connectivity index (χ1) is 16.2. The van der Waals surface area contributed by atoms with Crippen LogP contribution in [0.25, 0.3) is 0 Å². The third kappa shape index (κ3) is 6.07. The zero-order valence-corrected chi connectivity index (χ0v) is 20.3. The molecule has 1 unspecified atom stereocenters. The van der Waals surface area contributed by atoms with Crippen LogP contribution in [0.1, 0.15) is 60.2 Å². The molecule has 2 aromatic rings. The molecule has 3 N–H and O–H groups in total. The Balaban J connectivity index is 2.33. The monoisotopic (exact) mass is 497 g/mol. The molecule has 0 radical (unpaired) electrons. The van der Waals surface area contributed by atoms with Crippen LogP contribution < -0.4 is 11.1 Å². The minimum atomic E-state index is -0.980. The van der Waals surface area contributed by atoms with Crippen molar-refractivity contribution in [1.82, 2.24) is 14.8 Å². The quantitative estimate of drug-likeness (QED) is 0.262. The van der Waals surface area contributed by atoms with E-state index < -0.39 is 29.9 Å². The number of rotatable bonds is 11. The molecule has 2 rings (SSSR count). The van der Waals surface area contributed by atoms with Gasteiger partial charge in [0.05, 0.1) is 25.6 Å². The number of amides is 1. The molecule has 186 valence electrons. The molecule has 13 nitrogen and oxygen atoms in total. The predicted molar refractivity (Wildman–Crippen MR) is 120 cm³/mol. The van der Waals surface area contributed by atoms with E-state index in [1.807, 2.05) is 0 Å². The van der Waals surface area contributed by atoms with E-state index >= 15 is 0 Å². The van der Waals surface area contributed by atoms with E-state index in [9.17, 15) is 19.2 Å². The second-order valence-corrected chi connectivity index (χ2v) is 7.59. The van der Waals surface area contributed by atoms with Gasteiger partial charge < -0.3 is 24.4 Å². The Morgan fingerprint density at radius 2 is 1.62 bits per heavy atom. The average molecular weight is 498 g/mol. The van der Waals surface area contributed by atoms with Crippen molar-refractivity contribution in [1.29, 1.82) is 0 Å². The lowest BCUT2D eigenvalue weighted by Gasteiger charge is -2.16. The van der Waals surface area contributed by atoms with Crippen molar-refractivity contribution in [2.45, 2.75) is 45.8 Å². The molecule has 0 saturated heterocycles. The molecule has 34 heavy (non-hydrogen) atoms. The zero-order chi connectivity index (χ0) is 25.4. The fourth-order valence-corrected chi connectivity index (χ4v) is 3.71. The van der Waals surface area contributed by atoms with Gasteiger partial charge in [0.1, 0.15) is 22.9 Å². The van der Waals surface area contributed by atoms with E-state index in [0.29, 0.717) is 0 Å². The van der Waals surface area contributed by atoms with Gasteiger partial charge in [0, 0.05) is 0 Å². The number of thioether (sulfide) groups is 1. The summed E-state index contributed by atoms with van der Waals surface area (Å²) in [4.78, 5) is 49.7. The zero-order valence-electron chi connectivity index (χ0n) is 19.5. The maximum Gasteiger partial charge on any atom is 0.344 e. The first kappa shape index (κ1) is 26.7. The average Bonchev–Trinajstić information content (AvgIpc) is 3.31. The molecule has 14 heteroatoms. The van der Waals surface area contributed by atoms with Crippen molar-refractivity contribution >= 4 is 47.4 Å². The second-order valence-electron chi connectivity index (χ2n) is 6.65. The third-order valence-electron chi connectivity index (χ3n) is 4.36. The van der Waals surface area contributed by atoms with Gasteiger partial charge in [-0.15, -0.1) is 10.2 Å². The summed E-state index contributed by atoms with van der Waals surface area (Å²) in [6.07, 6.45) is 0. The van der Waals surface area contributed by atoms with Gasteiger partial charge >= 0.3 is 17.9 Å². The fourth-order valence-electron chi connectivity index (χ4n) is 2.89. The van der Waals surface area contributed by atoms with Gasteiger partial charge in [-0.3, -0.25) is 19.5 Å². The Morgan fingerprint density at radius 3 is 2.21 bits per heavy atom. The maximum absolute atomic E-state index is 13.0. The Morgan fingerprint density at radius 1 is 1.03 bits per heavy atom. The van der Waals surface area contributed by atoms with Crippen molar-refractivity contribution in [3.05, 3.63) is 16.9 Å². The largest absolute Gasteiger partial charge is 0.465 e. The number of nitrogens with two attached hydrogens (primary N) is 1. The number of aryl methyl sites for hydroxylation is 1. The predicted octanol–water partition coefficient (Wildman–Crippen LogP) is 1.97. The molecule has 0 aliphatic carbocycles. The molecular weight excluding hydrogens is 470 g/mol. The molecule has 2 heterocycles. The number of esters is 3. The van der Waals surface area contributed by atoms with E-state index in [0.717, 1.165) is 11.8 Å². The van der Waals surface area contributed by atoms with E-state index in [4.69, 9.17) is 24.4 Å². The summed E-state index contributed by atoms with van der Waals surface area (Å²) in [6.45, 7) is 8.20. The molecule has 0 fully saturated rings. The number of aromatic nitrogens is 3. The standard InChI is InChI=1S/C20H27N5O8S/c1-6-30-12(26)9-34-20-24-23-19(21)25(20)10(4)15(27)22-16-14(18(29)32-8-3)13(11(5)33-16)17(28)31-7-2/h10H,6-9H2,1-5H3,(H2,21,23)(H,22,27). The molecular formula is C20H27N5O8S. The van der Waals surface area contributed by atoms with Crippen molar-refractivity contribution in [3.8, 4) is 0 Å². The Kier molecular flexibility index (Phi) is 9.47. The van der Waals surface area contributed by atoms with Crippen LogP contribution in [-0.2, 0) is 23.8 Å². The molecule has 2 aromatic heterocycles. The van der Waals surface area contributed by atoms with Crippen LogP contribution in [0, 0.1) is 6.92 Å². The summed E-state index contributed by atoms with van der Waals surface area (Å²) in [5.41, 5.74) is 5.48. The number of nitrogen functional groups attached to an aromatic ring is 1. The summed E-state index contributed by atoms with van der Waals surface area (Å²) in [7, 11) is 0. The lowest BCUT2D eigenvalue weighted by atomic mass is 10.1. The minimum Gasteiger partial charge on any atom is -0.465 e. The Labute approximate surface area is 199 Å². The van der Waals surface area contributed by atoms with Crippen LogP contribution >= 0.6 is 11.8 Å². The first-order valence-electron chi connectivity index (χ1n) is 10.4. The van der Waals surface area contributed by atoms with Crippen LogP contribution in [0.5, 0.6) is 0 Å². The molecule has 0 aliphatic rings. The van der Waals surface area contributed by atoms with Gasteiger partial charge in [-0.05, 0) is 34.6 Å². The highest BCUT2D eigenvalue weighted by molar-refractivity contribution is 7.99. The third-order valence-corrected chi connectivity index (χ3v) is 5.28. The molecule has 0 aliphatic heterocycles. The van der Waals surface area contributed by atoms with Crippen LogP contribution in [0.4, 0.5) is 11.8 Å². The number of ether oxygens (including phenoxy) is 3. The number of nitrogens with zero attached hydrogens (tertiary/aromatic N) is 3. The van der Waals surface area contributed by atoms with E-state index in [1.165, 1.54) is 18.4 Å². The normalized spacial score (nSPS) is 11.6. The summed E-state index contributed by atoms with van der Waals surface area (Å²) < 4.78 is 21.7. The van der Waals surface area contributed by atoms with Gasteiger partial charge in [0.25, 0.3) is 0 Å². The van der Waals surface area contributed by atoms with Crippen molar-refractivity contribution < 1.29 is 37.8 Å². The van der Waals surface area contributed by atoms with Crippen LogP contribution in [0.2, 0.25) is 0 Å². The highest BCUT2D eigenvalue weighted by Crippen LogP contribution is 2.30. The van der Waals surface area contributed by atoms with Gasteiger partial charge in [0.15, 0.2) is 5.16 Å². The highest BCUT2D eigenvalue weighted by Gasteiger charge is 2.33. The lowest BCUT2D eigenvalue weighted by molar-refractivity contribution is -0.139. The van der Waals surface area contributed by atoms with Gasteiger partial charge in [0.2, 0.25) is 17.7 Å². The maximum atomic E-state index is 13.0. The summed E-state index contributed by atoms with van der Waals surface area (Å²) >= 11 is 0.995. The van der Waals surface area contributed by atoms with Crippen LogP contribution in [-0.4, -0.2) is 64.2 Å².